The van der Waals surface area contributed by atoms with Gasteiger partial charge in [0.05, 0.1) is 6.26 Å². The molecule has 0 saturated carbocycles. The van der Waals surface area contributed by atoms with Crippen LogP contribution in [-0.4, -0.2) is 31.0 Å². The maximum absolute atomic E-state index is 11.6. The van der Waals surface area contributed by atoms with Crippen LogP contribution in [0.25, 0.3) is 11.0 Å². The predicted molar refractivity (Wildman–Crippen MR) is 90.1 cm³/mol. The van der Waals surface area contributed by atoms with E-state index < -0.39 is 36.6 Å². The Balaban J connectivity index is 1.46. The van der Waals surface area contributed by atoms with Gasteiger partial charge in [-0.25, -0.2) is 9.59 Å². The third-order valence-corrected chi connectivity index (χ3v) is 3.31. The van der Waals surface area contributed by atoms with Gasteiger partial charge in [0, 0.05) is 17.5 Å². The van der Waals surface area contributed by atoms with E-state index in [0.717, 1.165) is 0 Å². The molecule has 27 heavy (non-hydrogen) atoms. The van der Waals surface area contributed by atoms with E-state index in [9.17, 15) is 19.2 Å². The molecule has 9 heteroatoms. The van der Waals surface area contributed by atoms with E-state index in [1.165, 1.54) is 30.5 Å². The highest BCUT2D eigenvalue weighted by Gasteiger charge is 2.14. The van der Waals surface area contributed by atoms with E-state index in [1.54, 1.807) is 18.2 Å². The van der Waals surface area contributed by atoms with Crippen LogP contribution in [0.1, 0.15) is 10.6 Å². The zero-order chi connectivity index (χ0) is 19.2. The minimum atomic E-state index is -0.815. The number of carbonyl (C=O) groups is 3. The first-order valence-electron chi connectivity index (χ1n) is 7.71. The Kier molecular flexibility index (Phi) is 5.31. The van der Waals surface area contributed by atoms with Crippen LogP contribution in [0.2, 0.25) is 0 Å². The summed E-state index contributed by atoms with van der Waals surface area (Å²) in [6.45, 7) is -1.12. The lowest BCUT2D eigenvalue weighted by Crippen LogP contribution is -2.34. The summed E-state index contributed by atoms with van der Waals surface area (Å²) < 4.78 is 19.8. The number of rotatable bonds is 6. The number of hydrogen-bond acceptors (Lipinski definition) is 8. The van der Waals surface area contributed by atoms with E-state index in [-0.39, 0.29) is 11.5 Å². The van der Waals surface area contributed by atoms with Crippen LogP contribution in [0.4, 0.5) is 0 Å². The number of amides is 2. The van der Waals surface area contributed by atoms with Crippen LogP contribution in [0.3, 0.4) is 0 Å². The standard InChI is InChI=1S/C18H13NO8/c20-15(19-18(23)13-2-1-7-24-13)9-26-17(22)10-25-12-5-3-11-4-6-16(21)27-14(11)8-12/h1-8H,9-10H2,(H,19,20,23). The molecule has 0 bridgehead atoms. The Morgan fingerprint density at radius 2 is 1.85 bits per heavy atom. The van der Waals surface area contributed by atoms with Gasteiger partial charge in [-0.2, -0.15) is 0 Å². The molecule has 9 nitrogen and oxygen atoms in total. The Bertz CT molecular complexity index is 1030. The zero-order valence-electron chi connectivity index (χ0n) is 13.8. The normalized spacial score (nSPS) is 10.4. The van der Waals surface area contributed by atoms with Gasteiger partial charge in [0.25, 0.3) is 11.8 Å². The highest BCUT2D eigenvalue weighted by molar-refractivity contribution is 6.03. The van der Waals surface area contributed by atoms with Crippen molar-refractivity contribution in [2.75, 3.05) is 13.2 Å². The van der Waals surface area contributed by atoms with Gasteiger partial charge in [-0.15, -0.1) is 0 Å². The minimum Gasteiger partial charge on any atom is -0.482 e. The molecule has 138 valence electrons. The first kappa shape index (κ1) is 17.9. The van der Waals surface area contributed by atoms with Gasteiger partial charge in [0.1, 0.15) is 11.3 Å². The van der Waals surface area contributed by atoms with Gasteiger partial charge in [-0.05, 0) is 30.3 Å². The van der Waals surface area contributed by atoms with Crippen LogP contribution in [0, 0.1) is 0 Å². The zero-order valence-corrected chi connectivity index (χ0v) is 13.8. The molecule has 1 aromatic carbocycles. The molecule has 0 saturated heterocycles. The highest BCUT2D eigenvalue weighted by atomic mass is 16.6. The lowest BCUT2D eigenvalue weighted by atomic mass is 10.2. The van der Waals surface area contributed by atoms with Gasteiger partial charge < -0.3 is 18.3 Å². The first-order chi connectivity index (χ1) is 13.0. The largest absolute Gasteiger partial charge is 0.482 e. The molecule has 0 aliphatic rings. The van der Waals surface area contributed by atoms with Gasteiger partial charge in [0.2, 0.25) is 0 Å². The monoisotopic (exact) mass is 371 g/mol. The van der Waals surface area contributed by atoms with Gasteiger partial charge in [-0.3, -0.25) is 14.9 Å². The van der Waals surface area contributed by atoms with Crippen molar-refractivity contribution in [2.45, 2.75) is 0 Å². The smallest absolute Gasteiger partial charge is 0.344 e. The third kappa shape index (κ3) is 4.82. The van der Waals surface area contributed by atoms with E-state index >= 15 is 0 Å². The lowest BCUT2D eigenvalue weighted by Gasteiger charge is -2.07. The first-order valence-corrected chi connectivity index (χ1v) is 7.71. The van der Waals surface area contributed by atoms with Crippen LogP contribution < -0.4 is 15.7 Å². The van der Waals surface area contributed by atoms with Crippen LogP contribution in [0.15, 0.2) is 62.4 Å². The summed E-state index contributed by atoms with van der Waals surface area (Å²) in [7, 11) is 0. The molecule has 3 rings (SSSR count). The van der Waals surface area contributed by atoms with Gasteiger partial charge in [-0.1, -0.05) is 0 Å². The molecule has 0 aliphatic heterocycles. The molecule has 0 atom stereocenters. The van der Waals surface area contributed by atoms with Crippen LogP contribution in [0.5, 0.6) is 5.75 Å². The molecule has 2 heterocycles. The number of fused-ring (bicyclic) bond motifs is 1. The van der Waals surface area contributed by atoms with Crippen molar-refractivity contribution in [1.82, 2.24) is 5.32 Å². The number of carbonyl (C=O) groups excluding carboxylic acids is 3. The van der Waals surface area contributed by atoms with E-state index in [1.807, 2.05) is 5.32 Å². The summed E-state index contributed by atoms with van der Waals surface area (Å²) in [6, 6.07) is 10.5. The van der Waals surface area contributed by atoms with Crippen LogP contribution in [-0.2, 0) is 14.3 Å². The molecule has 0 aliphatic carbocycles. The molecule has 0 radical (unpaired) electrons. The molecule has 1 N–H and O–H groups in total. The number of esters is 1. The molecule has 0 fully saturated rings. The molecular weight excluding hydrogens is 358 g/mol. The average Bonchev–Trinajstić information content (AvgIpc) is 3.19. The minimum absolute atomic E-state index is 0.0408. The topological polar surface area (TPSA) is 125 Å². The summed E-state index contributed by atoms with van der Waals surface area (Å²) in [4.78, 5) is 46.0. The number of imide groups is 1. The Morgan fingerprint density at radius 1 is 1.04 bits per heavy atom. The SMILES string of the molecule is O=C(COC(=O)COc1ccc2ccc(=O)oc2c1)NC(=O)c1ccco1. The second kappa shape index (κ2) is 8.00. The van der Waals surface area contributed by atoms with Gasteiger partial charge in [0.15, 0.2) is 19.0 Å². The Hall–Kier alpha value is -3.88. The second-order valence-electron chi connectivity index (χ2n) is 5.26. The fourth-order valence-corrected chi connectivity index (χ4v) is 2.09. The fraction of sp³-hybridized carbons (Fsp3) is 0.111. The third-order valence-electron chi connectivity index (χ3n) is 3.31. The fourth-order valence-electron chi connectivity index (χ4n) is 2.09. The molecule has 2 aromatic heterocycles. The molecular formula is C18H13NO8. The molecule has 2 amide bonds. The van der Waals surface area contributed by atoms with E-state index in [2.05, 4.69) is 0 Å². The summed E-state index contributed by atoms with van der Waals surface area (Å²) >= 11 is 0. The lowest BCUT2D eigenvalue weighted by molar-refractivity contribution is -0.150. The van der Waals surface area contributed by atoms with Crippen LogP contribution >= 0.6 is 0 Å². The van der Waals surface area contributed by atoms with Crippen molar-refractivity contribution in [3.63, 3.8) is 0 Å². The van der Waals surface area contributed by atoms with Gasteiger partial charge >= 0.3 is 11.6 Å². The number of hydrogen-bond donors (Lipinski definition) is 1. The van der Waals surface area contributed by atoms with Crippen molar-refractivity contribution in [3.8, 4) is 5.75 Å². The van der Waals surface area contributed by atoms with Crippen molar-refractivity contribution in [3.05, 3.63) is 64.9 Å². The number of nitrogens with one attached hydrogen (secondary N) is 1. The predicted octanol–water partition coefficient (Wildman–Crippen LogP) is 1.26. The number of ether oxygens (including phenoxy) is 2. The second-order valence-corrected chi connectivity index (χ2v) is 5.26. The number of furan rings is 1. The Morgan fingerprint density at radius 3 is 2.63 bits per heavy atom. The molecule has 0 spiro atoms. The maximum atomic E-state index is 11.6. The molecule has 3 aromatic rings. The summed E-state index contributed by atoms with van der Waals surface area (Å²) in [6.07, 6.45) is 1.29. The average molecular weight is 371 g/mol. The number of benzene rings is 1. The summed E-state index contributed by atoms with van der Waals surface area (Å²) in [5.74, 6) is -2.12. The van der Waals surface area contributed by atoms with E-state index in [4.69, 9.17) is 18.3 Å². The Labute approximate surface area is 151 Å². The summed E-state index contributed by atoms with van der Waals surface area (Å²) in [5, 5.41) is 2.70. The quantitative estimate of drug-likeness (QED) is 0.507. The van der Waals surface area contributed by atoms with Crippen molar-refractivity contribution >= 4 is 28.8 Å². The molecule has 0 unspecified atom stereocenters. The van der Waals surface area contributed by atoms with Crippen molar-refractivity contribution in [1.29, 1.82) is 0 Å². The van der Waals surface area contributed by atoms with Crippen molar-refractivity contribution < 1.29 is 32.7 Å². The summed E-state index contributed by atoms with van der Waals surface area (Å²) in [5.41, 5.74) is -0.196. The highest BCUT2D eigenvalue weighted by Crippen LogP contribution is 2.19. The van der Waals surface area contributed by atoms with Crippen molar-refractivity contribution in [2.24, 2.45) is 0 Å². The van der Waals surface area contributed by atoms with E-state index in [0.29, 0.717) is 11.0 Å². The maximum Gasteiger partial charge on any atom is 0.344 e.